The summed E-state index contributed by atoms with van der Waals surface area (Å²) in [5.41, 5.74) is -1.03. The number of rotatable bonds is 47. The minimum atomic E-state index is -2.43. The largest absolute Gasteiger partial charge is 0.502 e. The van der Waals surface area contributed by atoms with Gasteiger partial charge >= 0.3 is 11.7 Å². The van der Waals surface area contributed by atoms with Crippen LogP contribution in [0.15, 0.2) is 18.2 Å². The van der Waals surface area contributed by atoms with Gasteiger partial charge in [0.1, 0.15) is 12.1 Å². The minimum absolute atomic E-state index is 0.258. The van der Waals surface area contributed by atoms with Crippen LogP contribution in [0.3, 0.4) is 0 Å². The first-order chi connectivity index (χ1) is 36.5. The third kappa shape index (κ3) is 33.9. The molecule has 1 aromatic rings. The van der Waals surface area contributed by atoms with E-state index in [1.54, 1.807) is 0 Å². The molecule has 432 valence electrons. The molecule has 0 heterocycles. The summed E-state index contributed by atoms with van der Waals surface area (Å²) >= 11 is 0. The van der Waals surface area contributed by atoms with Crippen LogP contribution >= 0.6 is 0 Å². The quantitative estimate of drug-likeness (QED) is 0.0149. The number of carboxylic acid groups (broad SMARTS) is 1. The predicted octanol–water partition coefficient (Wildman–Crippen LogP) is 6.22. The highest BCUT2D eigenvalue weighted by atomic mass is 16.6. The molecular formula is C54H92N8O14. The first-order valence-electron chi connectivity index (χ1n) is 28.0. The summed E-state index contributed by atoms with van der Waals surface area (Å²) in [6, 6.07) is -0.453. The Morgan fingerprint density at radius 1 is 0.487 bits per heavy atom. The van der Waals surface area contributed by atoms with Gasteiger partial charge < -0.3 is 57.6 Å². The van der Waals surface area contributed by atoms with Gasteiger partial charge in [0.15, 0.2) is 18.0 Å². The summed E-state index contributed by atoms with van der Waals surface area (Å²) in [6.45, 7) is 3.42. The van der Waals surface area contributed by atoms with E-state index in [1.807, 2.05) is 10.6 Å². The molecule has 22 nitrogen and oxygen atoms in total. The number of aliphatic hydroxyl groups is 2. The Bertz CT molecular complexity index is 1890. The van der Waals surface area contributed by atoms with Crippen molar-refractivity contribution in [2.75, 3.05) is 31.5 Å². The Balaban J connectivity index is 2.64. The molecule has 0 saturated carbocycles. The zero-order valence-electron chi connectivity index (χ0n) is 45.4. The average Bonchev–Trinajstić information content (AvgIpc) is 3.38. The molecule has 4 unspecified atom stereocenters. The second kappa shape index (κ2) is 43.2. The zero-order valence-corrected chi connectivity index (χ0v) is 45.4. The van der Waals surface area contributed by atoms with Gasteiger partial charge in [0.2, 0.25) is 29.5 Å². The van der Waals surface area contributed by atoms with Crippen LogP contribution in [0.2, 0.25) is 0 Å². The van der Waals surface area contributed by atoms with Crippen LogP contribution in [0.1, 0.15) is 206 Å². The van der Waals surface area contributed by atoms with Crippen molar-refractivity contribution < 1.29 is 63.7 Å². The summed E-state index contributed by atoms with van der Waals surface area (Å²) < 4.78 is 0. The van der Waals surface area contributed by atoms with Crippen LogP contribution in [0.25, 0.3) is 0 Å². The molecule has 0 aliphatic rings. The first-order valence-corrected chi connectivity index (χ1v) is 28.0. The van der Waals surface area contributed by atoms with Gasteiger partial charge in [-0.25, -0.2) is 4.79 Å². The monoisotopic (exact) mass is 1080 g/mol. The van der Waals surface area contributed by atoms with Crippen molar-refractivity contribution in [3.05, 3.63) is 28.3 Å². The number of nitrogens with one attached hydrogen (secondary N) is 7. The molecule has 7 amide bonds. The van der Waals surface area contributed by atoms with Crippen molar-refractivity contribution in [3.63, 3.8) is 0 Å². The first kappa shape index (κ1) is 68.1. The minimum Gasteiger partial charge on any atom is -0.502 e. The van der Waals surface area contributed by atoms with Crippen molar-refractivity contribution in [2.24, 2.45) is 0 Å². The van der Waals surface area contributed by atoms with Crippen molar-refractivity contribution in [2.45, 2.75) is 231 Å². The van der Waals surface area contributed by atoms with Gasteiger partial charge in [-0.3, -0.25) is 43.7 Å². The number of aliphatic hydroxyl groups excluding tert-OH is 2. The molecular weight excluding hydrogens is 985 g/mol. The van der Waals surface area contributed by atoms with E-state index in [2.05, 4.69) is 40.4 Å². The zero-order chi connectivity index (χ0) is 56.4. The standard InChI is InChI=1S/C54H92N8O14/c1-3-5-7-9-11-13-15-17-19-21-23-25-27-29-33-55-45(64)36-41(51(70)56-34-30-28-26-24-22-20-18-16-14-12-10-8-6-4-2)60-46(65)37-42(54(73)74)61-48(67)39-57-47(66)38-58-52(71)49(68)50(69)53(72)59-40-31-32-44(63)43(35-40)62(75)76/h31-32,35,41-42,49-50,63,68-69H,3-30,33-34,36-39H2,1-2H3,(H,55,64)(H,56,70)(H,57,66)(H,58,71)(H,59,72)(H,60,65)(H,61,67)(H,73,74). The number of amides is 7. The molecule has 0 fully saturated rings. The lowest BCUT2D eigenvalue weighted by Gasteiger charge is -2.20. The number of carbonyl (C=O) groups is 8. The fourth-order valence-corrected chi connectivity index (χ4v) is 8.32. The Morgan fingerprint density at radius 2 is 0.895 bits per heavy atom. The number of carbonyl (C=O) groups excluding carboxylic acids is 7. The molecule has 0 saturated heterocycles. The highest BCUT2D eigenvalue weighted by molar-refractivity contribution is 5.99. The number of anilines is 1. The number of hydrogen-bond acceptors (Lipinski definition) is 13. The predicted molar refractivity (Wildman–Crippen MR) is 289 cm³/mol. The number of benzene rings is 1. The fraction of sp³-hybridized carbons (Fsp3) is 0.741. The number of phenols is 1. The van der Waals surface area contributed by atoms with Gasteiger partial charge in [-0.2, -0.15) is 0 Å². The molecule has 22 heteroatoms. The number of phenolic OH excluding ortho intramolecular Hbond substituents is 1. The number of carboxylic acids is 1. The van der Waals surface area contributed by atoms with Crippen LogP contribution in [0.4, 0.5) is 11.4 Å². The van der Waals surface area contributed by atoms with Crippen LogP contribution in [0.5, 0.6) is 5.75 Å². The van der Waals surface area contributed by atoms with Crippen molar-refractivity contribution in [1.29, 1.82) is 0 Å². The van der Waals surface area contributed by atoms with Gasteiger partial charge in [-0.15, -0.1) is 0 Å². The molecule has 0 radical (unpaired) electrons. The van der Waals surface area contributed by atoms with E-state index in [1.165, 1.54) is 122 Å². The van der Waals surface area contributed by atoms with E-state index in [9.17, 15) is 68.9 Å². The van der Waals surface area contributed by atoms with E-state index < -0.39 is 114 Å². The number of nitro groups is 1. The lowest BCUT2D eigenvalue weighted by atomic mass is 10.0. The van der Waals surface area contributed by atoms with Crippen LogP contribution < -0.4 is 37.2 Å². The Hall–Kier alpha value is -5.90. The molecule has 0 aliphatic heterocycles. The SMILES string of the molecule is CCCCCCCCCCCCCCCCNC(=O)CC(NC(=O)CC(NC(=O)CNC(=O)CNC(=O)C(O)C(O)C(=O)Nc1ccc(O)c([N+](=O)[O-])c1)C(=O)O)C(=O)NCCCCCCCCCCCCCCCC. The maximum atomic E-state index is 13.4. The Labute approximate surface area is 449 Å². The van der Waals surface area contributed by atoms with E-state index in [0.717, 1.165) is 69.6 Å². The number of nitro benzene ring substituents is 1. The summed E-state index contributed by atoms with van der Waals surface area (Å²) in [4.78, 5) is 112. The molecule has 0 bridgehead atoms. The fourth-order valence-electron chi connectivity index (χ4n) is 8.32. The van der Waals surface area contributed by atoms with Gasteiger partial charge in [0.05, 0.1) is 30.9 Å². The van der Waals surface area contributed by atoms with Crippen LogP contribution in [0, 0.1) is 10.1 Å². The second-order valence-electron chi connectivity index (χ2n) is 19.7. The van der Waals surface area contributed by atoms with Gasteiger partial charge in [0, 0.05) is 24.8 Å². The van der Waals surface area contributed by atoms with Crippen molar-refractivity contribution in [3.8, 4) is 5.75 Å². The maximum Gasteiger partial charge on any atom is 0.326 e. The molecule has 1 aromatic carbocycles. The molecule has 0 aromatic heterocycles. The van der Waals surface area contributed by atoms with Crippen LogP contribution in [-0.2, 0) is 38.4 Å². The van der Waals surface area contributed by atoms with E-state index in [-0.39, 0.29) is 5.69 Å². The number of nitrogens with zero attached hydrogens (tertiary/aromatic N) is 1. The number of aromatic hydroxyl groups is 1. The lowest BCUT2D eigenvalue weighted by Crippen LogP contribution is -2.52. The van der Waals surface area contributed by atoms with E-state index in [4.69, 9.17) is 0 Å². The van der Waals surface area contributed by atoms with E-state index in [0.29, 0.717) is 19.5 Å². The summed E-state index contributed by atoms with van der Waals surface area (Å²) in [7, 11) is 0. The summed E-state index contributed by atoms with van der Waals surface area (Å²) in [5, 5.41) is 66.9. The summed E-state index contributed by atoms with van der Waals surface area (Å²) in [6.07, 6.45) is 26.9. The lowest BCUT2D eigenvalue weighted by molar-refractivity contribution is -0.385. The number of aliphatic carboxylic acids is 1. The highest BCUT2D eigenvalue weighted by Gasteiger charge is 2.32. The normalized spacial score (nSPS) is 12.6. The molecule has 1 rings (SSSR count). The molecule has 0 spiro atoms. The maximum absolute atomic E-state index is 13.4. The van der Waals surface area contributed by atoms with Crippen LogP contribution in [-0.4, -0.2) is 123 Å². The smallest absolute Gasteiger partial charge is 0.326 e. The molecule has 4 atom stereocenters. The Kier molecular flexibility index (Phi) is 38.7. The Morgan fingerprint density at radius 3 is 1.36 bits per heavy atom. The third-order valence-electron chi connectivity index (χ3n) is 12.9. The number of unbranched alkanes of at least 4 members (excludes halogenated alkanes) is 26. The van der Waals surface area contributed by atoms with Crippen molar-refractivity contribution >= 4 is 58.7 Å². The topological polar surface area (TPSA) is 345 Å². The van der Waals surface area contributed by atoms with E-state index >= 15 is 0 Å². The highest BCUT2D eigenvalue weighted by Crippen LogP contribution is 2.28. The number of hydrogen-bond donors (Lipinski definition) is 11. The second-order valence-corrected chi connectivity index (χ2v) is 19.7. The molecule has 76 heavy (non-hydrogen) atoms. The molecule has 11 N–H and O–H groups in total. The average molecular weight is 1080 g/mol. The summed E-state index contributed by atoms with van der Waals surface area (Å²) in [5.74, 6) is -9.22. The van der Waals surface area contributed by atoms with Crippen molar-refractivity contribution in [1.82, 2.24) is 31.9 Å². The third-order valence-corrected chi connectivity index (χ3v) is 12.9. The molecule has 0 aliphatic carbocycles. The van der Waals surface area contributed by atoms with Gasteiger partial charge in [-0.1, -0.05) is 181 Å². The van der Waals surface area contributed by atoms with Gasteiger partial charge in [-0.05, 0) is 25.0 Å². The van der Waals surface area contributed by atoms with Gasteiger partial charge in [0.25, 0.3) is 11.8 Å².